The summed E-state index contributed by atoms with van der Waals surface area (Å²) in [5, 5.41) is 12.1. The number of carbonyl (C=O) groups is 2. The van der Waals surface area contributed by atoms with Crippen molar-refractivity contribution in [3.63, 3.8) is 0 Å². The SMILES string of the molecule is O=C(NC1(C(=O)O)CCCCC1)c1ccc(F)cc1I. The molecular formula is C14H15FINO3. The van der Waals surface area contributed by atoms with E-state index in [1.807, 2.05) is 22.6 Å². The molecule has 1 aromatic carbocycles. The number of carbonyl (C=O) groups excluding carboxylic acids is 1. The van der Waals surface area contributed by atoms with Crippen LogP contribution in [-0.2, 0) is 4.79 Å². The monoisotopic (exact) mass is 391 g/mol. The summed E-state index contributed by atoms with van der Waals surface area (Å²) in [7, 11) is 0. The Kier molecular flexibility index (Phi) is 4.62. The van der Waals surface area contributed by atoms with Gasteiger partial charge in [-0.1, -0.05) is 19.3 Å². The second kappa shape index (κ2) is 6.07. The van der Waals surface area contributed by atoms with Crippen molar-refractivity contribution in [2.75, 3.05) is 0 Å². The van der Waals surface area contributed by atoms with Crippen LogP contribution < -0.4 is 5.32 Å². The number of amides is 1. The van der Waals surface area contributed by atoms with Crippen LogP contribution >= 0.6 is 22.6 Å². The topological polar surface area (TPSA) is 66.4 Å². The lowest BCUT2D eigenvalue weighted by Crippen LogP contribution is -2.55. The molecule has 2 rings (SSSR count). The van der Waals surface area contributed by atoms with Crippen LogP contribution in [0.2, 0.25) is 0 Å². The van der Waals surface area contributed by atoms with E-state index in [0.717, 1.165) is 19.3 Å². The molecular weight excluding hydrogens is 376 g/mol. The van der Waals surface area contributed by atoms with Gasteiger partial charge in [0.25, 0.3) is 5.91 Å². The summed E-state index contributed by atoms with van der Waals surface area (Å²) in [4.78, 5) is 23.8. The average Bonchev–Trinajstić information content (AvgIpc) is 2.39. The van der Waals surface area contributed by atoms with Gasteiger partial charge in [-0.2, -0.15) is 0 Å². The number of rotatable bonds is 3. The molecule has 1 aliphatic rings. The number of hydrogen-bond acceptors (Lipinski definition) is 2. The van der Waals surface area contributed by atoms with Crippen molar-refractivity contribution in [2.24, 2.45) is 0 Å². The maximum Gasteiger partial charge on any atom is 0.329 e. The van der Waals surface area contributed by atoms with Gasteiger partial charge in [-0.05, 0) is 53.6 Å². The third-order valence-corrected chi connectivity index (χ3v) is 4.54. The molecule has 6 heteroatoms. The Labute approximate surface area is 129 Å². The number of hydrogen-bond donors (Lipinski definition) is 2. The van der Waals surface area contributed by atoms with Gasteiger partial charge >= 0.3 is 5.97 Å². The first kappa shape index (κ1) is 15.2. The van der Waals surface area contributed by atoms with E-state index >= 15 is 0 Å². The smallest absolute Gasteiger partial charge is 0.329 e. The number of nitrogens with one attached hydrogen (secondary N) is 1. The van der Waals surface area contributed by atoms with Gasteiger partial charge in [0.2, 0.25) is 0 Å². The number of aliphatic carboxylic acids is 1. The van der Waals surface area contributed by atoms with Crippen molar-refractivity contribution in [3.8, 4) is 0 Å². The van der Waals surface area contributed by atoms with Gasteiger partial charge in [-0.15, -0.1) is 0 Å². The van der Waals surface area contributed by atoms with Gasteiger partial charge in [-0.3, -0.25) is 4.79 Å². The van der Waals surface area contributed by atoms with E-state index in [1.54, 1.807) is 0 Å². The Balaban J connectivity index is 2.22. The molecule has 2 N–H and O–H groups in total. The van der Waals surface area contributed by atoms with Crippen molar-refractivity contribution < 1.29 is 19.1 Å². The van der Waals surface area contributed by atoms with Gasteiger partial charge in [0.15, 0.2) is 0 Å². The first-order valence-corrected chi connectivity index (χ1v) is 7.53. The fourth-order valence-corrected chi connectivity index (χ4v) is 3.23. The number of carboxylic acids is 1. The molecule has 0 atom stereocenters. The van der Waals surface area contributed by atoms with E-state index in [2.05, 4.69) is 5.32 Å². The predicted octanol–water partition coefficient (Wildman–Crippen LogP) is 2.95. The van der Waals surface area contributed by atoms with Crippen molar-refractivity contribution >= 4 is 34.5 Å². The summed E-state index contributed by atoms with van der Waals surface area (Å²) in [5.74, 6) is -1.88. The second-order valence-electron chi connectivity index (χ2n) is 5.03. The largest absolute Gasteiger partial charge is 0.480 e. The lowest BCUT2D eigenvalue weighted by atomic mass is 9.81. The summed E-state index contributed by atoms with van der Waals surface area (Å²) in [6.07, 6.45) is 3.43. The molecule has 0 bridgehead atoms. The molecule has 0 spiro atoms. The molecule has 0 heterocycles. The summed E-state index contributed by atoms with van der Waals surface area (Å²) in [6.45, 7) is 0. The average molecular weight is 391 g/mol. The van der Waals surface area contributed by atoms with Crippen LogP contribution in [0.25, 0.3) is 0 Å². The maximum absolute atomic E-state index is 13.0. The molecule has 4 nitrogen and oxygen atoms in total. The minimum Gasteiger partial charge on any atom is -0.480 e. The highest BCUT2D eigenvalue weighted by Gasteiger charge is 2.41. The van der Waals surface area contributed by atoms with Gasteiger partial charge in [0.05, 0.1) is 5.56 Å². The van der Waals surface area contributed by atoms with E-state index in [0.29, 0.717) is 22.0 Å². The molecule has 108 valence electrons. The normalized spacial score (nSPS) is 17.5. The predicted molar refractivity (Wildman–Crippen MR) is 80.0 cm³/mol. The molecule has 20 heavy (non-hydrogen) atoms. The Bertz CT molecular complexity index is 541. The quantitative estimate of drug-likeness (QED) is 0.779. The third-order valence-electron chi connectivity index (χ3n) is 3.65. The van der Waals surface area contributed by atoms with Crippen LogP contribution in [0.5, 0.6) is 0 Å². The molecule has 0 unspecified atom stereocenters. The third kappa shape index (κ3) is 3.11. The van der Waals surface area contributed by atoms with Gasteiger partial charge in [0.1, 0.15) is 11.4 Å². The van der Waals surface area contributed by atoms with Crippen LogP contribution in [0.3, 0.4) is 0 Å². The Morgan fingerprint density at radius 1 is 1.25 bits per heavy atom. The molecule has 0 radical (unpaired) electrons. The number of halogens is 2. The second-order valence-corrected chi connectivity index (χ2v) is 6.19. The number of carboxylic acid groups (broad SMARTS) is 1. The van der Waals surface area contributed by atoms with Crippen LogP contribution in [0.4, 0.5) is 4.39 Å². The fraction of sp³-hybridized carbons (Fsp3) is 0.429. The summed E-state index contributed by atoms with van der Waals surface area (Å²) in [5.41, 5.74) is -0.884. The van der Waals surface area contributed by atoms with Crippen LogP contribution in [0.1, 0.15) is 42.5 Å². The summed E-state index contributed by atoms with van der Waals surface area (Å²) in [6, 6.07) is 3.83. The zero-order chi connectivity index (χ0) is 14.8. The lowest BCUT2D eigenvalue weighted by molar-refractivity contribution is -0.145. The molecule has 0 aromatic heterocycles. The van der Waals surface area contributed by atoms with Crippen LogP contribution in [0, 0.1) is 9.39 Å². The van der Waals surface area contributed by atoms with E-state index < -0.39 is 23.2 Å². The van der Waals surface area contributed by atoms with Gasteiger partial charge in [0, 0.05) is 3.57 Å². The molecule has 1 amide bonds. The van der Waals surface area contributed by atoms with Gasteiger partial charge in [-0.25, -0.2) is 9.18 Å². The zero-order valence-corrected chi connectivity index (χ0v) is 12.9. The minimum atomic E-state index is -1.19. The molecule has 1 saturated carbocycles. The summed E-state index contributed by atoms with van der Waals surface area (Å²) >= 11 is 1.87. The highest BCUT2D eigenvalue weighted by atomic mass is 127. The van der Waals surface area contributed by atoms with E-state index in [9.17, 15) is 19.1 Å². The number of benzene rings is 1. The maximum atomic E-state index is 13.0. The molecule has 0 aliphatic heterocycles. The van der Waals surface area contributed by atoms with Crippen molar-refractivity contribution in [3.05, 3.63) is 33.1 Å². The molecule has 1 aliphatic carbocycles. The zero-order valence-electron chi connectivity index (χ0n) is 10.8. The Hall–Kier alpha value is -1.18. The minimum absolute atomic E-state index is 0.304. The van der Waals surface area contributed by atoms with Gasteiger partial charge < -0.3 is 10.4 Å². The lowest BCUT2D eigenvalue weighted by Gasteiger charge is -2.34. The Morgan fingerprint density at radius 3 is 2.45 bits per heavy atom. The van der Waals surface area contributed by atoms with E-state index in [4.69, 9.17) is 0 Å². The Morgan fingerprint density at radius 2 is 1.90 bits per heavy atom. The fourth-order valence-electron chi connectivity index (χ4n) is 2.51. The van der Waals surface area contributed by atoms with E-state index in [1.165, 1.54) is 18.2 Å². The first-order valence-electron chi connectivity index (χ1n) is 6.45. The van der Waals surface area contributed by atoms with Crippen LogP contribution in [-0.4, -0.2) is 22.5 Å². The van der Waals surface area contributed by atoms with Crippen molar-refractivity contribution in [2.45, 2.75) is 37.6 Å². The molecule has 0 saturated heterocycles. The molecule has 1 fully saturated rings. The highest BCUT2D eigenvalue weighted by molar-refractivity contribution is 14.1. The van der Waals surface area contributed by atoms with Crippen molar-refractivity contribution in [1.82, 2.24) is 5.32 Å². The highest BCUT2D eigenvalue weighted by Crippen LogP contribution is 2.29. The standard InChI is InChI=1S/C14H15FINO3/c15-9-4-5-10(11(16)8-9)12(18)17-14(13(19)20)6-2-1-3-7-14/h4-5,8H,1-3,6-7H2,(H,17,18)(H,19,20). The van der Waals surface area contributed by atoms with Crippen LogP contribution in [0.15, 0.2) is 18.2 Å². The first-order chi connectivity index (χ1) is 9.44. The molecule has 1 aromatic rings. The van der Waals surface area contributed by atoms with Crippen molar-refractivity contribution in [1.29, 1.82) is 0 Å². The summed E-state index contributed by atoms with van der Waals surface area (Å²) < 4.78 is 13.5. The van der Waals surface area contributed by atoms with E-state index in [-0.39, 0.29) is 0 Å².